The zero-order valence-corrected chi connectivity index (χ0v) is 15.8. The van der Waals surface area contributed by atoms with E-state index < -0.39 is 21.9 Å². The highest BCUT2D eigenvalue weighted by Crippen LogP contribution is 2.35. The average Bonchev–Trinajstić information content (AvgIpc) is 3.05. The molecule has 0 fully saturated rings. The minimum absolute atomic E-state index is 0.227. The van der Waals surface area contributed by atoms with Crippen molar-refractivity contribution in [2.45, 2.75) is 25.8 Å². The van der Waals surface area contributed by atoms with Crippen molar-refractivity contribution in [3.8, 4) is 0 Å². The maximum Gasteiger partial charge on any atom is 0.242 e. The third-order valence-electron chi connectivity index (χ3n) is 4.27. The van der Waals surface area contributed by atoms with E-state index in [0.717, 1.165) is 6.26 Å². The molecule has 0 spiro atoms. The van der Waals surface area contributed by atoms with E-state index in [4.69, 9.17) is 0 Å². The van der Waals surface area contributed by atoms with Gasteiger partial charge in [0.15, 0.2) is 0 Å². The van der Waals surface area contributed by atoms with Crippen molar-refractivity contribution >= 4 is 27.3 Å². The average molecular weight is 389 g/mol. The van der Waals surface area contributed by atoms with Gasteiger partial charge in [-0.1, -0.05) is 43.3 Å². The summed E-state index contributed by atoms with van der Waals surface area (Å²) in [6, 6.07) is 12.5. The smallest absolute Gasteiger partial charge is 0.242 e. The van der Waals surface area contributed by atoms with Gasteiger partial charge >= 0.3 is 0 Å². The summed E-state index contributed by atoms with van der Waals surface area (Å²) in [5.41, 5.74) is 1.84. The number of nitrogens with zero attached hydrogens (tertiary/aromatic N) is 2. The fraction of sp³-hybridized carbons (Fsp3) is 0.263. The molecule has 1 aliphatic rings. The van der Waals surface area contributed by atoms with Crippen molar-refractivity contribution in [1.29, 1.82) is 0 Å². The second-order valence-corrected chi connectivity index (χ2v) is 8.05. The number of nitrogens with one attached hydrogen (secondary N) is 1. The van der Waals surface area contributed by atoms with Crippen molar-refractivity contribution in [2.24, 2.45) is 5.10 Å². The first-order valence-electron chi connectivity index (χ1n) is 8.51. The van der Waals surface area contributed by atoms with Crippen LogP contribution in [0, 0.1) is 5.82 Å². The van der Waals surface area contributed by atoms with Crippen LogP contribution in [-0.2, 0) is 14.8 Å². The molecule has 1 atom stereocenters. The second kappa shape index (κ2) is 7.48. The molecule has 0 radical (unpaired) electrons. The maximum absolute atomic E-state index is 14.3. The molecule has 142 valence electrons. The van der Waals surface area contributed by atoms with Crippen LogP contribution in [-0.4, -0.2) is 31.3 Å². The van der Waals surface area contributed by atoms with Gasteiger partial charge in [0.05, 0.1) is 23.7 Å². The number of para-hydroxylation sites is 1. The monoisotopic (exact) mass is 389 g/mol. The van der Waals surface area contributed by atoms with Crippen LogP contribution in [0.2, 0.25) is 0 Å². The normalized spacial score (nSPS) is 16.9. The van der Waals surface area contributed by atoms with Crippen molar-refractivity contribution in [3.63, 3.8) is 0 Å². The molecule has 0 saturated heterocycles. The fourth-order valence-corrected chi connectivity index (χ4v) is 3.65. The lowest BCUT2D eigenvalue weighted by molar-refractivity contribution is -0.132. The van der Waals surface area contributed by atoms with Gasteiger partial charge in [-0.15, -0.1) is 0 Å². The first kappa shape index (κ1) is 19.0. The third kappa shape index (κ3) is 4.16. The number of sulfonamides is 1. The van der Waals surface area contributed by atoms with Crippen LogP contribution in [0.15, 0.2) is 53.6 Å². The van der Waals surface area contributed by atoms with Gasteiger partial charge in [-0.3, -0.25) is 9.52 Å². The van der Waals surface area contributed by atoms with Crippen molar-refractivity contribution in [1.82, 2.24) is 5.01 Å². The Bertz CT molecular complexity index is 1000. The van der Waals surface area contributed by atoms with E-state index in [0.29, 0.717) is 22.5 Å². The summed E-state index contributed by atoms with van der Waals surface area (Å²) in [4.78, 5) is 12.4. The highest BCUT2D eigenvalue weighted by molar-refractivity contribution is 7.92. The Morgan fingerprint density at radius 1 is 1.22 bits per heavy atom. The molecule has 1 unspecified atom stereocenters. The Morgan fingerprint density at radius 2 is 1.89 bits per heavy atom. The molecule has 0 aliphatic carbocycles. The zero-order valence-electron chi connectivity index (χ0n) is 15.0. The van der Waals surface area contributed by atoms with Gasteiger partial charge in [-0.2, -0.15) is 5.10 Å². The van der Waals surface area contributed by atoms with Crippen LogP contribution >= 0.6 is 0 Å². The Morgan fingerprint density at radius 3 is 2.56 bits per heavy atom. The number of carbonyl (C=O) groups excluding carboxylic acids is 1. The Hall–Kier alpha value is -2.74. The summed E-state index contributed by atoms with van der Waals surface area (Å²) in [5, 5.41) is 5.71. The van der Waals surface area contributed by atoms with E-state index in [1.807, 2.05) is 0 Å². The van der Waals surface area contributed by atoms with Gasteiger partial charge in [-0.05, 0) is 12.1 Å². The van der Waals surface area contributed by atoms with E-state index in [9.17, 15) is 17.6 Å². The molecular weight excluding hydrogens is 369 g/mol. The molecule has 27 heavy (non-hydrogen) atoms. The quantitative estimate of drug-likeness (QED) is 0.852. The molecule has 0 bridgehead atoms. The predicted octanol–water partition coefficient (Wildman–Crippen LogP) is 3.28. The molecule has 6 nitrogen and oxygen atoms in total. The van der Waals surface area contributed by atoms with Crippen LogP contribution in [0.5, 0.6) is 0 Å². The van der Waals surface area contributed by atoms with Gasteiger partial charge in [0.2, 0.25) is 15.9 Å². The molecule has 3 rings (SSSR count). The van der Waals surface area contributed by atoms with Crippen LogP contribution in [0.3, 0.4) is 0 Å². The number of halogens is 1. The lowest BCUT2D eigenvalue weighted by atomic mass is 9.97. The molecule has 1 heterocycles. The summed E-state index contributed by atoms with van der Waals surface area (Å²) >= 11 is 0. The maximum atomic E-state index is 14.3. The van der Waals surface area contributed by atoms with Crippen LogP contribution < -0.4 is 4.72 Å². The molecule has 1 amide bonds. The Labute approximate surface area is 157 Å². The lowest BCUT2D eigenvalue weighted by Gasteiger charge is -2.21. The van der Waals surface area contributed by atoms with Crippen molar-refractivity contribution in [2.75, 3.05) is 11.0 Å². The minimum Gasteiger partial charge on any atom is -0.283 e. The van der Waals surface area contributed by atoms with E-state index in [2.05, 4.69) is 9.82 Å². The van der Waals surface area contributed by atoms with Crippen LogP contribution in [0.25, 0.3) is 0 Å². The van der Waals surface area contributed by atoms with Crippen LogP contribution in [0.4, 0.5) is 10.1 Å². The molecule has 1 N–H and O–H groups in total. The van der Waals surface area contributed by atoms with Gasteiger partial charge in [-0.25, -0.2) is 17.8 Å². The summed E-state index contributed by atoms with van der Waals surface area (Å²) in [6.45, 7) is 1.72. The SMILES string of the molecule is CCC(=O)N1N=C(c2ccccc2NS(C)(=O)=O)CC1c1ccccc1F. The number of rotatable bonds is 5. The topological polar surface area (TPSA) is 78.8 Å². The molecule has 8 heteroatoms. The Kier molecular flexibility index (Phi) is 5.27. The van der Waals surface area contributed by atoms with Gasteiger partial charge in [0, 0.05) is 24.0 Å². The number of benzene rings is 2. The molecule has 0 aromatic heterocycles. The van der Waals surface area contributed by atoms with E-state index >= 15 is 0 Å². The molecular formula is C19H20FN3O3S. The van der Waals surface area contributed by atoms with E-state index in [-0.39, 0.29) is 18.7 Å². The standard InChI is InChI=1S/C19H20FN3O3S/c1-3-19(24)23-18(13-8-4-6-10-15(13)20)12-17(21-23)14-9-5-7-11-16(14)22-27(2,25)26/h4-11,18,22H,3,12H2,1-2H3. The first-order chi connectivity index (χ1) is 12.8. The predicted molar refractivity (Wildman–Crippen MR) is 102 cm³/mol. The van der Waals surface area contributed by atoms with Crippen molar-refractivity contribution < 1.29 is 17.6 Å². The summed E-state index contributed by atoms with van der Waals surface area (Å²) in [5.74, 6) is -0.637. The highest BCUT2D eigenvalue weighted by Gasteiger charge is 2.34. The number of amides is 1. The van der Waals surface area contributed by atoms with E-state index in [1.165, 1.54) is 11.1 Å². The number of carbonyl (C=O) groups is 1. The summed E-state index contributed by atoms with van der Waals surface area (Å²) in [6.07, 6.45) is 1.58. The highest BCUT2D eigenvalue weighted by atomic mass is 32.2. The van der Waals surface area contributed by atoms with Crippen LogP contribution in [0.1, 0.15) is 36.9 Å². The number of hydrazone groups is 1. The van der Waals surface area contributed by atoms with Gasteiger partial charge in [0.25, 0.3) is 0 Å². The lowest BCUT2D eigenvalue weighted by Crippen LogP contribution is -2.26. The second-order valence-electron chi connectivity index (χ2n) is 6.30. The molecule has 1 aliphatic heterocycles. The number of hydrogen-bond donors (Lipinski definition) is 1. The Balaban J connectivity index is 2.03. The molecule has 2 aromatic carbocycles. The molecule has 0 saturated carbocycles. The zero-order chi connectivity index (χ0) is 19.6. The number of hydrogen-bond acceptors (Lipinski definition) is 4. The molecule has 2 aromatic rings. The third-order valence-corrected chi connectivity index (χ3v) is 4.86. The largest absolute Gasteiger partial charge is 0.283 e. The summed E-state index contributed by atoms with van der Waals surface area (Å²) in [7, 11) is -3.48. The number of anilines is 1. The minimum atomic E-state index is -3.48. The van der Waals surface area contributed by atoms with Crippen molar-refractivity contribution in [3.05, 3.63) is 65.5 Å². The first-order valence-corrected chi connectivity index (χ1v) is 10.4. The van der Waals surface area contributed by atoms with Gasteiger partial charge in [0.1, 0.15) is 5.82 Å². The van der Waals surface area contributed by atoms with E-state index in [1.54, 1.807) is 49.4 Å². The van der Waals surface area contributed by atoms with Gasteiger partial charge < -0.3 is 0 Å². The summed E-state index contributed by atoms with van der Waals surface area (Å²) < 4.78 is 40.1. The fourth-order valence-electron chi connectivity index (χ4n) is 3.08.